The molecule has 0 unspecified atom stereocenters. The number of aromatic amines is 1. The van der Waals surface area contributed by atoms with Gasteiger partial charge in [-0.2, -0.15) is 5.10 Å². The number of nitrogens with one attached hydrogen (secondary N) is 2. The molecular formula is C17H21N5OS. The monoisotopic (exact) mass is 343 g/mol. The zero-order valence-corrected chi connectivity index (χ0v) is 14.3. The lowest BCUT2D eigenvalue weighted by atomic mass is 10.2. The highest BCUT2D eigenvalue weighted by Crippen LogP contribution is 2.38. The van der Waals surface area contributed by atoms with Gasteiger partial charge in [0.25, 0.3) is 0 Å². The first-order chi connectivity index (χ1) is 11.8. The third-order valence-electron chi connectivity index (χ3n) is 4.31. The molecule has 7 heteroatoms. The minimum atomic E-state index is 0.198. The highest BCUT2D eigenvalue weighted by atomic mass is 32.1. The molecular weight excluding hydrogens is 322 g/mol. The highest BCUT2D eigenvalue weighted by molar-refractivity contribution is 7.22. The third-order valence-corrected chi connectivity index (χ3v) is 5.50. The van der Waals surface area contributed by atoms with Crippen molar-refractivity contribution in [3.05, 3.63) is 24.4 Å². The van der Waals surface area contributed by atoms with Crippen molar-refractivity contribution in [2.24, 2.45) is 0 Å². The second-order valence-corrected chi connectivity index (χ2v) is 7.07. The molecule has 3 aromatic heterocycles. The molecule has 4 rings (SSSR count). The molecule has 126 valence electrons. The first kappa shape index (κ1) is 15.4. The van der Waals surface area contributed by atoms with Crippen molar-refractivity contribution in [1.82, 2.24) is 15.2 Å². The van der Waals surface area contributed by atoms with E-state index in [4.69, 9.17) is 10.1 Å². The van der Waals surface area contributed by atoms with Crippen LogP contribution < -0.4 is 10.2 Å². The molecule has 1 aliphatic heterocycles. The van der Waals surface area contributed by atoms with E-state index >= 15 is 0 Å². The van der Waals surface area contributed by atoms with Gasteiger partial charge in [0, 0.05) is 38.5 Å². The van der Waals surface area contributed by atoms with Crippen LogP contribution in [-0.4, -0.2) is 46.5 Å². The molecule has 4 heterocycles. The quantitative estimate of drug-likeness (QED) is 0.600. The number of pyridine rings is 1. The van der Waals surface area contributed by atoms with Crippen LogP contribution in [0.1, 0.15) is 19.3 Å². The largest absolute Gasteiger partial charge is 0.396 e. The van der Waals surface area contributed by atoms with Crippen LogP contribution in [0.2, 0.25) is 0 Å². The van der Waals surface area contributed by atoms with Crippen LogP contribution in [0.4, 0.5) is 11.5 Å². The molecule has 0 aromatic carbocycles. The average molecular weight is 343 g/mol. The summed E-state index contributed by atoms with van der Waals surface area (Å²) >= 11 is 1.71. The summed E-state index contributed by atoms with van der Waals surface area (Å²) in [5, 5.41) is 19.6. The lowest BCUT2D eigenvalue weighted by Crippen LogP contribution is -2.19. The third kappa shape index (κ3) is 2.97. The number of hydrogen-bond donors (Lipinski definition) is 3. The van der Waals surface area contributed by atoms with Crippen molar-refractivity contribution < 1.29 is 5.11 Å². The number of aromatic nitrogens is 3. The fourth-order valence-corrected chi connectivity index (χ4v) is 4.14. The van der Waals surface area contributed by atoms with Crippen molar-refractivity contribution >= 4 is 33.1 Å². The first-order valence-electron chi connectivity index (χ1n) is 8.39. The molecule has 1 saturated heterocycles. The Labute approximate surface area is 144 Å². The van der Waals surface area contributed by atoms with Gasteiger partial charge in [0.2, 0.25) is 0 Å². The molecule has 6 nitrogen and oxygen atoms in total. The Bertz CT molecular complexity index is 808. The Morgan fingerprint density at radius 2 is 2.17 bits per heavy atom. The lowest BCUT2D eigenvalue weighted by molar-refractivity contribution is 0.292. The van der Waals surface area contributed by atoms with Gasteiger partial charge in [0.05, 0.1) is 26.5 Å². The van der Waals surface area contributed by atoms with Gasteiger partial charge in [0.15, 0.2) is 0 Å². The van der Waals surface area contributed by atoms with E-state index in [1.807, 2.05) is 6.07 Å². The minimum absolute atomic E-state index is 0.198. The Balaban J connectivity index is 1.75. The fourth-order valence-electron chi connectivity index (χ4n) is 3.08. The summed E-state index contributed by atoms with van der Waals surface area (Å²) in [5.41, 5.74) is 3.13. The lowest BCUT2D eigenvalue weighted by Gasteiger charge is -2.18. The zero-order chi connectivity index (χ0) is 16.4. The van der Waals surface area contributed by atoms with E-state index in [2.05, 4.69) is 32.5 Å². The van der Waals surface area contributed by atoms with E-state index in [1.165, 1.54) is 12.8 Å². The van der Waals surface area contributed by atoms with Gasteiger partial charge >= 0.3 is 0 Å². The SMILES string of the molecule is OCCCNc1cc(N2CCCC2)nc2cc(-c3ccn[nH]3)sc12. The molecule has 1 aliphatic rings. The second-order valence-electron chi connectivity index (χ2n) is 6.02. The predicted octanol–water partition coefficient (Wildman–Crippen LogP) is 3.08. The second kappa shape index (κ2) is 6.78. The average Bonchev–Trinajstić information content (AvgIpc) is 3.33. The van der Waals surface area contributed by atoms with Crippen molar-refractivity contribution in [3.63, 3.8) is 0 Å². The Morgan fingerprint density at radius 1 is 1.29 bits per heavy atom. The Kier molecular flexibility index (Phi) is 4.36. The standard InChI is InChI=1S/C17H21N5OS/c23-9-3-5-18-13-11-16(22-7-1-2-8-22)20-14-10-15(24-17(13)14)12-4-6-19-21-12/h4,6,10-11,23H,1-3,5,7-9H2,(H,18,20)(H,19,21). The molecule has 1 fully saturated rings. The van der Waals surface area contributed by atoms with E-state index in [0.29, 0.717) is 0 Å². The Hall–Kier alpha value is -2.12. The number of nitrogens with zero attached hydrogens (tertiary/aromatic N) is 3. The summed E-state index contributed by atoms with van der Waals surface area (Å²) in [6.07, 6.45) is 4.97. The summed E-state index contributed by atoms with van der Waals surface area (Å²) in [5.74, 6) is 1.04. The number of aliphatic hydroxyl groups is 1. The molecule has 0 spiro atoms. The normalized spacial score (nSPS) is 14.6. The molecule has 3 N–H and O–H groups in total. The maximum Gasteiger partial charge on any atom is 0.131 e. The van der Waals surface area contributed by atoms with Gasteiger partial charge in [-0.1, -0.05) is 0 Å². The van der Waals surface area contributed by atoms with Gasteiger partial charge in [-0.05, 0) is 31.4 Å². The fraction of sp³-hybridized carbons (Fsp3) is 0.412. The maximum atomic E-state index is 9.04. The number of anilines is 2. The van der Waals surface area contributed by atoms with Crippen molar-refractivity contribution in [2.45, 2.75) is 19.3 Å². The van der Waals surface area contributed by atoms with Gasteiger partial charge in [-0.25, -0.2) is 4.98 Å². The summed E-state index contributed by atoms with van der Waals surface area (Å²) < 4.78 is 1.15. The number of rotatable bonds is 6. The number of fused-ring (bicyclic) bond motifs is 1. The summed E-state index contributed by atoms with van der Waals surface area (Å²) in [4.78, 5) is 8.38. The maximum absolute atomic E-state index is 9.04. The van der Waals surface area contributed by atoms with E-state index in [-0.39, 0.29) is 6.61 Å². The highest BCUT2D eigenvalue weighted by Gasteiger charge is 2.18. The Morgan fingerprint density at radius 3 is 2.92 bits per heavy atom. The van der Waals surface area contributed by atoms with Crippen molar-refractivity contribution in [1.29, 1.82) is 0 Å². The van der Waals surface area contributed by atoms with Crippen LogP contribution in [-0.2, 0) is 0 Å². The van der Waals surface area contributed by atoms with Crippen LogP contribution in [0, 0.1) is 0 Å². The summed E-state index contributed by atoms with van der Waals surface area (Å²) in [6, 6.07) is 6.26. The summed E-state index contributed by atoms with van der Waals surface area (Å²) in [6.45, 7) is 3.11. The van der Waals surface area contributed by atoms with Crippen LogP contribution in [0.3, 0.4) is 0 Å². The summed E-state index contributed by atoms with van der Waals surface area (Å²) in [7, 11) is 0. The van der Waals surface area contributed by atoms with E-state index in [9.17, 15) is 0 Å². The van der Waals surface area contributed by atoms with E-state index in [0.717, 1.165) is 58.3 Å². The molecule has 24 heavy (non-hydrogen) atoms. The topological polar surface area (TPSA) is 77.1 Å². The van der Waals surface area contributed by atoms with Crippen LogP contribution in [0.5, 0.6) is 0 Å². The van der Waals surface area contributed by atoms with Gasteiger partial charge in [-0.15, -0.1) is 11.3 Å². The van der Waals surface area contributed by atoms with Gasteiger partial charge < -0.3 is 15.3 Å². The molecule has 0 saturated carbocycles. The minimum Gasteiger partial charge on any atom is -0.396 e. The number of aliphatic hydroxyl groups excluding tert-OH is 1. The zero-order valence-electron chi connectivity index (χ0n) is 13.5. The number of thiophene rings is 1. The van der Waals surface area contributed by atoms with Crippen molar-refractivity contribution in [3.8, 4) is 10.6 Å². The molecule has 0 bridgehead atoms. The smallest absolute Gasteiger partial charge is 0.131 e. The molecule has 0 atom stereocenters. The molecule has 0 amide bonds. The van der Waals surface area contributed by atoms with E-state index < -0.39 is 0 Å². The molecule has 0 radical (unpaired) electrons. The molecule has 3 aromatic rings. The number of hydrogen-bond acceptors (Lipinski definition) is 6. The predicted molar refractivity (Wildman–Crippen MR) is 98.8 cm³/mol. The van der Waals surface area contributed by atoms with Gasteiger partial charge in [0.1, 0.15) is 5.82 Å². The van der Waals surface area contributed by atoms with Crippen LogP contribution in [0.25, 0.3) is 20.8 Å². The van der Waals surface area contributed by atoms with Gasteiger partial charge in [-0.3, -0.25) is 5.10 Å². The van der Waals surface area contributed by atoms with E-state index in [1.54, 1.807) is 17.5 Å². The number of H-pyrrole nitrogens is 1. The van der Waals surface area contributed by atoms with Crippen LogP contribution >= 0.6 is 11.3 Å². The van der Waals surface area contributed by atoms with Crippen molar-refractivity contribution in [2.75, 3.05) is 36.5 Å². The molecule has 0 aliphatic carbocycles. The first-order valence-corrected chi connectivity index (χ1v) is 9.21. The van der Waals surface area contributed by atoms with Crippen LogP contribution in [0.15, 0.2) is 24.4 Å².